The smallest absolute Gasteiger partial charge is 0.166 e. The van der Waals surface area contributed by atoms with Gasteiger partial charge in [-0.25, -0.2) is 0 Å². The van der Waals surface area contributed by atoms with Gasteiger partial charge in [0.05, 0.1) is 5.56 Å². The van der Waals surface area contributed by atoms with E-state index in [2.05, 4.69) is 15.9 Å². The van der Waals surface area contributed by atoms with Gasteiger partial charge in [-0.2, -0.15) is 13.2 Å². The topological polar surface area (TPSA) is 0 Å². The summed E-state index contributed by atoms with van der Waals surface area (Å²) < 4.78 is 37.4. The first kappa shape index (κ1) is 13.2. The number of rotatable bonds is 3. The third-order valence-electron chi connectivity index (χ3n) is 1.59. The molecule has 0 heterocycles. The van der Waals surface area contributed by atoms with Crippen molar-refractivity contribution in [3.05, 3.63) is 28.2 Å². The molecule has 0 aliphatic heterocycles. The van der Waals surface area contributed by atoms with Crippen LogP contribution in [0, 0.1) is 0 Å². The summed E-state index contributed by atoms with van der Waals surface area (Å²) in [5.74, 6) is 1.14. The summed E-state index contributed by atoms with van der Waals surface area (Å²) in [6, 6.07) is 3.60. The first-order chi connectivity index (χ1) is 6.95. The van der Waals surface area contributed by atoms with E-state index in [0.29, 0.717) is 16.1 Å². The van der Waals surface area contributed by atoms with E-state index in [0.717, 1.165) is 17.0 Å². The summed E-state index contributed by atoms with van der Waals surface area (Å²) in [5, 5.41) is 0. The van der Waals surface area contributed by atoms with E-state index < -0.39 is 11.7 Å². The maximum Gasteiger partial charge on any atom is 0.416 e. The Labute approximate surface area is 103 Å². The van der Waals surface area contributed by atoms with Gasteiger partial charge in [0.2, 0.25) is 0 Å². The summed E-state index contributed by atoms with van der Waals surface area (Å²) in [6.07, 6.45) is -4.29. The molecule has 0 unspecified atom stereocenters. The minimum Gasteiger partial charge on any atom is -0.166 e. The maximum absolute atomic E-state index is 12.3. The van der Waals surface area contributed by atoms with E-state index in [4.69, 9.17) is 11.6 Å². The van der Waals surface area contributed by atoms with Crippen LogP contribution in [0.3, 0.4) is 0 Å². The van der Waals surface area contributed by atoms with Crippen molar-refractivity contribution in [2.45, 2.75) is 11.1 Å². The standard InChI is InChI=1S/C9H7BrClF3S/c10-7-5-6(9(12,13)14)1-2-8(7)15-4-3-11/h1-2,5H,3-4H2. The van der Waals surface area contributed by atoms with Gasteiger partial charge in [-0.3, -0.25) is 0 Å². The zero-order valence-corrected chi connectivity index (χ0v) is 10.6. The fourth-order valence-corrected chi connectivity index (χ4v) is 2.55. The second kappa shape index (κ2) is 5.46. The third-order valence-corrected chi connectivity index (χ3v) is 4.00. The van der Waals surface area contributed by atoms with Crippen LogP contribution in [0.1, 0.15) is 5.56 Å². The lowest BCUT2D eigenvalue weighted by atomic mass is 10.2. The molecule has 15 heavy (non-hydrogen) atoms. The Hall–Kier alpha value is 0.130. The van der Waals surface area contributed by atoms with Crippen LogP contribution < -0.4 is 0 Å². The number of benzene rings is 1. The van der Waals surface area contributed by atoms with Crippen LogP contribution in [0.15, 0.2) is 27.6 Å². The van der Waals surface area contributed by atoms with Crippen LogP contribution >= 0.6 is 39.3 Å². The molecule has 0 aliphatic carbocycles. The third kappa shape index (κ3) is 3.89. The van der Waals surface area contributed by atoms with Crippen LogP contribution in [0.25, 0.3) is 0 Å². The van der Waals surface area contributed by atoms with Gasteiger partial charge in [-0.05, 0) is 34.1 Å². The molecule has 1 aromatic carbocycles. The Bertz CT molecular complexity index is 341. The maximum atomic E-state index is 12.3. The second-order valence-electron chi connectivity index (χ2n) is 2.68. The number of hydrogen-bond donors (Lipinski definition) is 0. The molecule has 0 bridgehead atoms. The zero-order valence-electron chi connectivity index (χ0n) is 7.44. The Morgan fingerprint density at radius 2 is 2.00 bits per heavy atom. The molecule has 6 heteroatoms. The molecule has 1 rings (SSSR count). The van der Waals surface area contributed by atoms with Crippen LogP contribution in [0.4, 0.5) is 13.2 Å². The summed E-state index contributed by atoms with van der Waals surface area (Å²) in [4.78, 5) is 0.767. The predicted octanol–water partition coefficient (Wildman–Crippen LogP) is 4.80. The highest BCUT2D eigenvalue weighted by atomic mass is 79.9. The van der Waals surface area contributed by atoms with Crippen molar-refractivity contribution in [2.75, 3.05) is 11.6 Å². The van der Waals surface area contributed by atoms with Crippen molar-refractivity contribution in [3.63, 3.8) is 0 Å². The van der Waals surface area contributed by atoms with E-state index in [-0.39, 0.29) is 0 Å². The van der Waals surface area contributed by atoms with Crippen molar-refractivity contribution in [1.29, 1.82) is 0 Å². The van der Waals surface area contributed by atoms with Crippen LogP contribution in [0.5, 0.6) is 0 Å². The Morgan fingerprint density at radius 1 is 1.33 bits per heavy atom. The molecule has 0 saturated carbocycles. The Kier molecular flexibility index (Phi) is 4.80. The van der Waals surface area contributed by atoms with Crippen molar-refractivity contribution in [3.8, 4) is 0 Å². The lowest BCUT2D eigenvalue weighted by molar-refractivity contribution is -0.137. The molecule has 0 amide bonds. The molecule has 0 N–H and O–H groups in total. The predicted molar refractivity (Wildman–Crippen MR) is 60.6 cm³/mol. The van der Waals surface area contributed by atoms with E-state index >= 15 is 0 Å². The molecular formula is C9H7BrClF3S. The van der Waals surface area contributed by atoms with Crippen LogP contribution in [0.2, 0.25) is 0 Å². The quantitative estimate of drug-likeness (QED) is 0.570. The van der Waals surface area contributed by atoms with E-state index in [9.17, 15) is 13.2 Å². The molecule has 0 fully saturated rings. The Balaban J connectivity index is 2.88. The van der Waals surface area contributed by atoms with Gasteiger partial charge in [0.15, 0.2) is 0 Å². The average molecular weight is 320 g/mol. The van der Waals surface area contributed by atoms with E-state index in [1.54, 1.807) is 0 Å². The minimum atomic E-state index is -4.29. The van der Waals surface area contributed by atoms with Crippen LogP contribution in [-0.2, 0) is 6.18 Å². The van der Waals surface area contributed by atoms with Gasteiger partial charge >= 0.3 is 6.18 Å². The van der Waals surface area contributed by atoms with Gasteiger partial charge in [0.25, 0.3) is 0 Å². The summed E-state index contributed by atoms with van der Waals surface area (Å²) in [6.45, 7) is 0. The SMILES string of the molecule is FC(F)(F)c1ccc(SCCCl)c(Br)c1. The summed E-state index contributed by atoms with van der Waals surface area (Å²) >= 11 is 10.0. The first-order valence-corrected chi connectivity index (χ1v) is 6.32. The zero-order chi connectivity index (χ0) is 11.5. The fourth-order valence-electron chi connectivity index (χ4n) is 0.943. The molecule has 0 atom stereocenters. The molecule has 0 saturated heterocycles. The largest absolute Gasteiger partial charge is 0.416 e. The molecule has 0 nitrogen and oxygen atoms in total. The highest BCUT2D eigenvalue weighted by Crippen LogP contribution is 2.35. The average Bonchev–Trinajstić information content (AvgIpc) is 2.14. The normalized spacial score (nSPS) is 11.8. The molecule has 0 aromatic heterocycles. The molecule has 1 aromatic rings. The van der Waals surface area contributed by atoms with Gasteiger partial charge in [0, 0.05) is 21.0 Å². The molecular weight excluding hydrogens is 313 g/mol. The highest BCUT2D eigenvalue weighted by Gasteiger charge is 2.30. The number of halogens is 5. The number of thioether (sulfide) groups is 1. The van der Waals surface area contributed by atoms with Gasteiger partial charge in [-0.15, -0.1) is 23.4 Å². The monoisotopic (exact) mass is 318 g/mol. The van der Waals surface area contributed by atoms with Crippen molar-refractivity contribution < 1.29 is 13.2 Å². The van der Waals surface area contributed by atoms with E-state index in [1.165, 1.54) is 17.8 Å². The highest BCUT2D eigenvalue weighted by molar-refractivity contribution is 9.10. The molecule has 0 spiro atoms. The lowest BCUT2D eigenvalue weighted by Crippen LogP contribution is -2.04. The van der Waals surface area contributed by atoms with Gasteiger partial charge in [0.1, 0.15) is 0 Å². The van der Waals surface area contributed by atoms with Crippen molar-refractivity contribution in [2.24, 2.45) is 0 Å². The van der Waals surface area contributed by atoms with Gasteiger partial charge < -0.3 is 0 Å². The fraction of sp³-hybridized carbons (Fsp3) is 0.333. The minimum absolute atomic E-state index is 0.451. The van der Waals surface area contributed by atoms with Gasteiger partial charge in [-0.1, -0.05) is 0 Å². The van der Waals surface area contributed by atoms with Crippen LogP contribution in [-0.4, -0.2) is 11.6 Å². The molecule has 84 valence electrons. The Morgan fingerprint density at radius 3 is 2.47 bits per heavy atom. The molecule has 0 radical (unpaired) electrons. The summed E-state index contributed by atoms with van der Waals surface area (Å²) in [5.41, 5.74) is -0.649. The number of alkyl halides is 4. The molecule has 0 aliphatic rings. The number of hydrogen-bond acceptors (Lipinski definition) is 1. The second-order valence-corrected chi connectivity index (χ2v) is 5.05. The van der Waals surface area contributed by atoms with E-state index in [1.807, 2.05) is 0 Å². The lowest BCUT2D eigenvalue weighted by Gasteiger charge is -2.09. The first-order valence-electron chi connectivity index (χ1n) is 4.00. The van der Waals surface area contributed by atoms with Crippen molar-refractivity contribution in [1.82, 2.24) is 0 Å². The summed E-state index contributed by atoms with van der Waals surface area (Å²) in [7, 11) is 0. The van der Waals surface area contributed by atoms with Crippen molar-refractivity contribution >= 4 is 39.3 Å².